The zero-order valence-electron chi connectivity index (χ0n) is 7.19. The molecule has 1 unspecified atom stereocenters. The third-order valence-electron chi connectivity index (χ3n) is 1.62. The summed E-state index contributed by atoms with van der Waals surface area (Å²) in [5.41, 5.74) is 0.0665. The van der Waals surface area contributed by atoms with Gasteiger partial charge in [-0.1, -0.05) is 12.1 Å². The van der Waals surface area contributed by atoms with Gasteiger partial charge in [-0.2, -0.15) is 0 Å². The molecule has 6 heteroatoms. The van der Waals surface area contributed by atoms with Gasteiger partial charge in [0.15, 0.2) is 6.10 Å². The molecule has 0 aliphatic carbocycles. The Kier molecular flexibility index (Phi) is 3.30. The van der Waals surface area contributed by atoms with E-state index in [9.17, 15) is 8.78 Å². The van der Waals surface area contributed by atoms with Crippen LogP contribution in [0.2, 0.25) is 0 Å². The molecule has 0 radical (unpaired) electrons. The van der Waals surface area contributed by atoms with E-state index in [1.165, 1.54) is 4.68 Å². The second-order valence-corrected chi connectivity index (χ2v) is 2.66. The molecule has 1 heterocycles. The maximum absolute atomic E-state index is 12.1. The molecular formula is C7H11F2N3O. The second-order valence-electron chi connectivity index (χ2n) is 2.66. The minimum atomic E-state index is -2.80. The molecule has 1 atom stereocenters. The summed E-state index contributed by atoms with van der Waals surface area (Å²) in [6.45, 7) is 2.37. The van der Waals surface area contributed by atoms with Crippen LogP contribution in [0.25, 0.3) is 0 Å². The number of nitrogens with zero attached hydrogens (tertiary/aromatic N) is 3. The maximum atomic E-state index is 12.1. The molecule has 1 aromatic heterocycles. The molecule has 0 saturated heterocycles. The molecule has 0 fully saturated rings. The summed E-state index contributed by atoms with van der Waals surface area (Å²) in [4.78, 5) is 0. The quantitative estimate of drug-likeness (QED) is 0.772. The molecule has 0 aromatic carbocycles. The molecule has 1 N–H and O–H groups in total. The lowest BCUT2D eigenvalue weighted by Gasteiger charge is -2.10. The van der Waals surface area contributed by atoms with Crippen molar-refractivity contribution in [2.24, 2.45) is 0 Å². The Morgan fingerprint density at radius 3 is 2.85 bits per heavy atom. The van der Waals surface area contributed by atoms with Crippen molar-refractivity contribution in [2.75, 3.05) is 0 Å². The van der Waals surface area contributed by atoms with Gasteiger partial charge in [0.25, 0.3) is 6.43 Å². The Balaban J connectivity index is 2.80. The topological polar surface area (TPSA) is 50.9 Å². The van der Waals surface area contributed by atoms with Crippen LogP contribution in [0, 0.1) is 0 Å². The number of hydrogen-bond donors (Lipinski definition) is 1. The van der Waals surface area contributed by atoms with Gasteiger partial charge in [0.05, 0.1) is 11.9 Å². The highest BCUT2D eigenvalue weighted by Crippen LogP contribution is 2.18. The highest BCUT2D eigenvalue weighted by Gasteiger charge is 2.23. The molecule has 13 heavy (non-hydrogen) atoms. The Bertz CT molecular complexity index is 264. The Hall–Kier alpha value is -1.04. The Labute approximate surface area is 74.2 Å². The summed E-state index contributed by atoms with van der Waals surface area (Å²) in [5.74, 6) is 0. The third-order valence-corrected chi connectivity index (χ3v) is 1.62. The first-order valence-electron chi connectivity index (χ1n) is 4.01. The number of aromatic nitrogens is 3. The van der Waals surface area contributed by atoms with E-state index in [0.29, 0.717) is 6.54 Å². The highest BCUT2D eigenvalue weighted by molar-refractivity contribution is 4.99. The van der Waals surface area contributed by atoms with Crippen LogP contribution in [0.1, 0.15) is 25.1 Å². The lowest BCUT2D eigenvalue weighted by atomic mass is 10.3. The second kappa shape index (κ2) is 4.27. The molecule has 0 amide bonds. The molecule has 0 aliphatic rings. The van der Waals surface area contributed by atoms with Gasteiger partial charge in [0.1, 0.15) is 0 Å². The highest BCUT2D eigenvalue weighted by atomic mass is 19.3. The summed E-state index contributed by atoms with van der Waals surface area (Å²) < 4.78 is 25.5. The van der Waals surface area contributed by atoms with Crippen LogP contribution < -0.4 is 0 Å². The molecule has 1 rings (SSSR count). The molecule has 0 saturated carbocycles. The van der Waals surface area contributed by atoms with Crippen molar-refractivity contribution < 1.29 is 13.9 Å². The zero-order valence-corrected chi connectivity index (χ0v) is 7.19. The summed E-state index contributed by atoms with van der Waals surface area (Å²) >= 11 is 0. The average molecular weight is 191 g/mol. The predicted molar refractivity (Wildman–Crippen MR) is 41.3 cm³/mol. The minimum absolute atomic E-state index is 0.0665. The molecule has 0 bridgehead atoms. The van der Waals surface area contributed by atoms with Crippen molar-refractivity contribution in [1.82, 2.24) is 15.0 Å². The summed E-state index contributed by atoms with van der Waals surface area (Å²) in [6, 6.07) is 0. The van der Waals surface area contributed by atoms with Gasteiger partial charge in [-0.3, -0.25) is 0 Å². The number of alkyl halides is 2. The lowest BCUT2D eigenvalue weighted by molar-refractivity contribution is -0.0108. The van der Waals surface area contributed by atoms with Gasteiger partial charge in [0.2, 0.25) is 0 Å². The normalized spacial score (nSPS) is 13.6. The van der Waals surface area contributed by atoms with Gasteiger partial charge in [-0.25, -0.2) is 13.5 Å². The van der Waals surface area contributed by atoms with Crippen LogP contribution in [-0.4, -0.2) is 26.5 Å². The van der Waals surface area contributed by atoms with Crippen molar-refractivity contribution in [3.05, 3.63) is 11.9 Å². The minimum Gasteiger partial charge on any atom is -0.381 e. The fraction of sp³-hybridized carbons (Fsp3) is 0.714. The van der Waals surface area contributed by atoms with Gasteiger partial charge in [-0.05, 0) is 6.42 Å². The summed E-state index contributed by atoms with van der Waals surface area (Å²) in [6.07, 6.45) is -2.67. The van der Waals surface area contributed by atoms with E-state index in [2.05, 4.69) is 10.3 Å². The third kappa shape index (κ3) is 2.21. The lowest BCUT2D eigenvalue weighted by Crippen LogP contribution is -2.14. The van der Waals surface area contributed by atoms with E-state index < -0.39 is 12.5 Å². The smallest absolute Gasteiger partial charge is 0.269 e. The largest absolute Gasteiger partial charge is 0.381 e. The van der Waals surface area contributed by atoms with E-state index in [4.69, 9.17) is 5.11 Å². The number of halogens is 2. The van der Waals surface area contributed by atoms with Gasteiger partial charge < -0.3 is 5.11 Å². The van der Waals surface area contributed by atoms with Crippen LogP contribution in [-0.2, 0) is 6.54 Å². The number of hydrogen-bond acceptors (Lipinski definition) is 3. The molecule has 0 aliphatic heterocycles. The van der Waals surface area contributed by atoms with Gasteiger partial charge in [0, 0.05) is 6.54 Å². The number of aliphatic hydroxyl groups is 1. The molecule has 1 aromatic rings. The van der Waals surface area contributed by atoms with Crippen LogP contribution in [0.15, 0.2) is 6.20 Å². The van der Waals surface area contributed by atoms with Gasteiger partial charge in [-0.15, -0.1) is 5.10 Å². The van der Waals surface area contributed by atoms with Crippen molar-refractivity contribution >= 4 is 0 Å². The van der Waals surface area contributed by atoms with E-state index in [1.807, 2.05) is 6.92 Å². The predicted octanol–water partition coefficient (Wildman–Crippen LogP) is 0.987. The van der Waals surface area contributed by atoms with Crippen LogP contribution in [0.5, 0.6) is 0 Å². The molecule has 4 nitrogen and oxygen atoms in total. The first-order chi connectivity index (χ1) is 6.16. The van der Waals surface area contributed by atoms with E-state index >= 15 is 0 Å². The fourth-order valence-corrected chi connectivity index (χ4v) is 1.01. The van der Waals surface area contributed by atoms with Crippen molar-refractivity contribution in [2.45, 2.75) is 32.4 Å². The number of aryl methyl sites for hydroxylation is 1. The first kappa shape index (κ1) is 10.0. The first-order valence-corrected chi connectivity index (χ1v) is 4.01. The SMILES string of the molecule is CCCn1nncc1C(O)C(F)F. The van der Waals surface area contributed by atoms with Crippen LogP contribution in [0.4, 0.5) is 8.78 Å². The number of aliphatic hydroxyl groups excluding tert-OH is 1. The maximum Gasteiger partial charge on any atom is 0.269 e. The Morgan fingerprint density at radius 2 is 2.31 bits per heavy atom. The fourth-order valence-electron chi connectivity index (χ4n) is 1.01. The standard InChI is InChI=1S/C7H11F2N3O/c1-2-3-12-5(4-10-11-12)6(13)7(8)9/h4,6-7,13H,2-3H2,1H3. The Morgan fingerprint density at radius 1 is 1.62 bits per heavy atom. The molecule has 0 spiro atoms. The average Bonchev–Trinajstić information content (AvgIpc) is 2.52. The monoisotopic (exact) mass is 191 g/mol. The van der Waals surface area contributed by atoms with E-state index in [1.54, 1.807) is 0 Å². The zero-order chi connectivity index (χ0) is 9.84. The summed E-state index contributed by atoms with van der Waals surface area (Å²) in [5, 5.41) is 16.1. The van der Waals surface area contributed by atoms with Gasteiger partial charge >= 0.3 is 0 Å². The van der Waals surface area contributed by atoms with E-state index in [0.717, 1.165) is 12.6 Å². The van der Waals surface area contributed by atoms with Crippen molar-refractivity contribution in [3.8, 4) is 0 Å². The molecule has 74 valence electrons. The van der Waals surface area contributed by atoms with Crippen molar-refractivity contribution in [1.29, 1.82) is 0 Å². The molecular weight excluding hydrogens is 180 g/mol. The van der Waals surface area contributed by atoms with Crippen LogP contribution >= 0.6 is 0 Å². The van der Waals surface area contributed by atoms with E-state index in [-0.39, 0.29) is 5.69 Å². The summed E-state index contributed by atoms with van der Waals surface area (Å²) in [7, 11) is 0. The van der Waals surface area contributed by atoms with Crippen molar-refractivity contribution in [3.63, 3.8) is 0 Å². The number of rotatable bonds is 4. The van der Waals surface area contributed by atoms with Crippen LogP contribution in [0.3, 0.4) is 0 Å².